The molecule has 15 heavy (non-hydrogen) atoms. The molecule has 1 aromatic rings. The lowest BCUT2D eigenvalue weighted by atomic mass is 10.0. The molecular weight excluding hydrogens is 210 g/mol. The van der Waals surface area contributed by atoms with E-state index in [9.17, 15) is 0 Å². The molecule has 2 unspecified atom stereocenters. The zero-order chi connectivity index (χ0) is 10.1. The van der Waals surface area contributed by atoms with E-state index in [1.165, 1.54) is 5.75 Å². The van der Waals surface area contributed by atoms with Crippen LogP contribution in [0.15, 0.2) is 22.8 Å². The minimum Gasteiger partial charge on any atom is -0.468 e. The maximum Gasteiger partial charge on any atom is 0.129 e. The highest BCUT2D eigenvalue weighted by Gasteiger charge is 2.40. The summed E-state index contributed by atoms with van der Waals surface area (Å²) in [6.07, 6.45) is 3.84. The number of hydrogen-bond donors (Lipinski definition) is 1. The van der Waals surface area contributed by atoms with E-state index in [1.807, 2.05) is 23.9 Å². The summed E-state index contributed by atoms with van der Waals surface area (Å²) in [6, 6.07) is 4.31. The van der Waals surface area contributed by atoms with Gasteiger partial charge in [-0.15, -0.1) is 0 Å². The third kappa shape index (κ3) is 1.82. The molecule has 0 radical (unpaired) electrons. The van der Waals surface area contributed by atoms with Gasteiger partial charge >= 0.3 is 0 Å². The van der Waals surface area contributed by atoms with Gasteiger partial charge in [-0.3, -0.25) is 5.32 Å². The highest BCUT2D eigenvalue weighted by Crippen LogP contribution is 2.35. The van der Waals surface area contributed by atoms with Crippen LogP contribution in [0.5, 0.6) is 0 Å². The third-order valence-electron chi connectivity index (χ3n) is 3.09. The predicted molar refractivity (Wildman–Crippen MR) is 59.8 cm³/mol. The van der Waals surface area contributed by atoms with Crippen LogP contribution >= 0.6 is 11.8 Å². The lowest BCUT2D eigenvalue weighted by Gasteiger charge is -2.38. The van der Waals surface area contributed by atoms with Crippen molar-refractivity contribution >= 4 is 11.8 Å². The Bertz CT molecular complexity index is 319. The maximum absolute atomic E-state index is 5.88. The summed E-state index contributed by atoms with van der Waals surface area (Å²) in [4.78, 5) is 0. The van der Waals surface area contributed by atoms with E-state index in [2.05, 4.69) is 5.32 Å². The van der Waals surface area contributed by atoms with E-state index in [0.717, 1.165) is 31.0 Å². The summed E-state index contributed by atoms with van der Waals surface area (Å²) in [5, 5.41) is 3.59. The molecule has 0 aliphatic carbocycles. The Labute approximate surface area is 93.6 Å². The normalized spacial score (nSPS) is 36.1. The minimum atomic E-state index is -0.0830. The van der Waals surface area contributed by atoms with Gasteiger partial charge < -0.3 is 9.15 Å². The van der Waals surface area contributed by atoms with Gasteiger partial charge in [0.2, 0.25) is 0 Å². The van der Waals surface area contributed by atoms with Gasteiger partial charge in [0.25, 0.3) is 0 Å². The Morgan fingerprint density at radius 2 is 2.53 bits per heavy atom. The number of rotatable bonds is 1. The molecule has 0 amide bonds. The maximum atomic E-state index is 5.88. The van der Waals surface area contributed by atoms with Crippen molar-refractivity contribution in [3.63, 3.8) is 0 Å². The summed E-state index contributed by atoms with van der Waals surface area (Å²) in [6.45, 7) is 0.832. The number of hydrogen-bond acceptors (Lipinski definition) is 4. The first-order valence-electron chi connectivity index (χ1n) is 5.41. The molecule has 2 fully saturated rings. The van der Waals surface area contributed by atoms with E-state index in [4.69, 9.17) is 9.15 Å². The van der Waals surface area contributed by atoms with Crippen LogP contribution in [0.1, 0.15) is 24.6 Å². The van der Waals surface area contributed by atoms with Gasteiger partial charge in [0.05, 0.1) is 18.9 Å². The largest absolute Gasteiger partial charge is 0.468 e. The van der Waals surface area contributed by atoms with Gasteiger partial charge in [0.1, 0.15) is 11.5 Å². The summed E-state index contributed by atoms with van der Waals surface area (Å²) in [5.41, 5.74) is -0.0830. The molecule has 2 atom stereocenters. The number of thioether (sulfide) groups is 1. The molecule has 1 spiro atoms. The zero-order valence-corrected chi connectivity index (χ0v) is 9.39. The van der Waals surface area contributed by atoms with Gasteiger partial charge in [0, 0.05) is 5.75 Å². The summed E-state index contributed by atoms with van der Waals surface area (Å²) in [5.74, 6) is 3.29. The van der Waals surface area contributed by atoms with E-state index in [0.29, 0.717) is 6.04 Å². The second-order valence-corrected chi connectivity index (χ2v) is 5.25. The molecule has 2 aliphatic rings. The third-order valence-corrected chi connectivity index (χ3v) is 4.26. The molecule has 0 bridgehead atoms. The topological polar surface area (TPSA) is 34.4 Å². The molecule has 4 heteroatoms. The number of ether oxygens (including phenoxy) is 1. The molecule has 1 N–H and O–H groups in total. The Morgan fingerprint density at radius 1 is 1.53 bits per heavy atom. The molecule has 1 aromatic heterocycles. The first-order chi connectivity index (χ1) is 7.38. The van der Waals surface area contributed by atoms with Crippen LogP contribution in [-0.4, -0.2) is 23.8 Å². The fourth-order valence-electron chi connectivity index (χ4n) is 2.28. The minimum absolute atomic E-state index is 0.0830. The van der Waals surface area contributed by atoms with Gasteiger partial charge in [-0.2, -0.15) is 11.8 Å². The lowest BCUT2D eigenvalue weighted by Crippen LogP contribution is -2.53. The molecule has 2 saturated heterocycles. The van der Waals surface area contributed by atoms with Crippen molar-refractivity contribution in [1.29, 1.82) is 0 Å². The van der Waals surface area contributed by atoms with Gasteiger partial charge in [-0.05, 0) is 30.7 Å². The molecular formula is C11H15NO2S. The van der Waals surface area contributed by atoms with Gasteiger partial charge in [-0.1, -0.05) is 0 Å². The van der Waals surface area contributed by atoms with E-state index < -0.39 is 0 Å². The molecule has 3 nitrogen and oxygen atoms in total. The van der Waals surface area contributed by atoms with Gasteiger partial charge in [0.15, 0.2) is 0 Å². The van der Waals surface area contributed by atoms with E-state index >= 15 is 0 Å². The lowest BCUT2D eigenvalue weighted by molar-refractivity contribution is -0.0949. The van der Waals surface area contributed by atoms with Gasteiger partial charge in [-0.25, -0.2) is 0 Å². The standard InChI is InChI=1S/C11H15NO2S/c1-2-10(13-5-1)9-3-6-14-11(12-9)4-7-15-8-11/h1-2,5,9,12H,3-4,6-8H2. The number of nitrogens with one attached hydrogen (secondary N) is 1. The summed E-state index contributed by atoms with van der Waals surface area (Å²) < 4.78 is 11.3. The van der Waals surface area contributed by atoms with E-state index in [-0.39, 0.29) is 5.72 Å². The molecule has 2 aliphatic heterocycles. The first kappa shape index (κ1) is 9.75. The fraction of sp³-hybridized carbons (Fsp3) is 0.636. The molecule has 3 heterocycles. The molecule has 3 rings (SSSR count). The average Bonchev–Trinajstić information content (AvgIpc) is 2.89. The Hall–Kier alpha value is -0.450. The number of furan rings is 1. The SMILES string of the molecule is c1coc(C2CCOC3(CCSC3)N2)c1. The summed E-state index contributed by atoms with van der Waals surface area (Å²) >= 11 is 1.96. The van der Waals surface area contributed by atoms with Crippen LogP contribution in [-0.2, 0) is 4.74 Å². The zero-order valence-electron chi connectivity index (χ0n) is 8.57. The van der Waals surface area contributed by atoms with E-state index in [1.54, 1.807) is 6.26 Å². The molecule has 82 valence electrons. The second kappa shape index (κ2) is 3.85. The van der Waals surface area contributed by atoms with Crippen molar-refractivity contribution in [2.75, 3.05) is 18.1 Å². The molecule has 0 aromatic carbocycles. The highest BCUT2D eigenvalue weighted by atomic mass is 32.2. The Kier molecular flexibility index (Phi) is 2.50. The molecule has 0 saturated carbocycles. The van der Waals surface area contributed by atoms with Crippen LogP contribution in [0.25, 0.3) is 0 Å². The van der Waals surface area contributed by atoms with Crippen LogP contribution in [0.2, 0.25) is 0 Å². The average molecular weight is 225 g/mol. The van der Waals surface area contributed by atoms with Crippen molar-refractivity contribution in [3.05, 3.63) is 24.2 Å². The monoisotopic (exact) mass is 225 g/mol. The Morgan fingerprint density at radius 3 is 3.27 bits per heavy atom. The van der Waals surface area contributed by atoms with Crippen molar-refractivity contribution < 1.29 is 9.15 Å². The Balaban J connectivity index is 1.76. The smallest absolute Gasteiger partial charge is 0.129 e. The van der Waals surface area contributed by atoms with Crippen LogP contribution in [0, 0.1) is 0 Å². The van der Waals surface area contributed by atoms with Crippen molar-refractivity contribution in [3.8, 4) is 0 Å². The van der Waals surface area contributed by atoms with Crippen LogP contribution in [0.3, 0.4) is 0 Å². The van der Waals surface area contributed by atoms with Crippen LogP contribution in [0.4, 0.5) is 0 Å². The summed E-state index contributed by atoms with van der Waals surface area (Å²) in [7, 11) is 0. The van der Waals surface area contributed by atoms with Crippen LogP contribution < -0.4 is 5.32 Å². The fourth-order valence-corrected chi connectivity index (χ4v) is 3.54. The van der Waals surface area contributed by atoms with Crippen molar-refractivity contribution in [2.45, 2.75) is 24.6 Å². The predicted octanol–water partition coefficient (Wildman–Crippen LogP) is 2.16. The highest BCUT2D eigenvalue weighted by molar-refractivity contribution is 7.99. The quantitative estimate of drug-likeness (QED) is 0.794. The first-order valence-corrected chi connectivity index (χ1v) is 6.56. The second-order valence-electron chi connectivity index (χ2n) is 4.15. The van der Waals surface area contributed by atoms with Crippen molar-refractivity contribution in [2.24, 2.45) is 0 Å². The van der Waals surface area contributed by atoms with Crippen molar-refractivity contribution in [1.82, 2.24) is 5.32 Å².